The summed E-state index contributed by atoms with van der Waals surface area (Å²) < 4.78 is 35.9. The third-order valence-electron chi connectivity index (χ3n) is 5.36. The summed E-state index contributed by atoms with van der Waals surface area (Å²) in [6.07, 6.45) is 0.995. The van der Waals surface area contributed by atoms with Crippen LogP contribution in [0.1, 0.15) is 17.0 Å². The highest BCUT2D eigenvalue weighted by molar-refractivity contribution is 7.92. The largest absolute Gasteiger partial charge is 0.466 e. The van der Waals surface area contributed by atoms with E-state index in [1.807, 2.05) is 0 Å². The minimum atomic E-state index is -3.62. The number of nitrogens with one attached hydrogen (secondary N) is 1. The first kappa shape index (κ1) is 25.3. The molecule has 1 heterocycles. The average Bonchev–Trinajstić information content (AvgIpc) is 2.83. The second-order valence-electron chi connectivity index (χ2n) is 7.71. The number of rotatable bonds is 6. The van der Waals surface area contributed by atoms with Gasteiger partial charge in [-0.2, -0.15) is 5.26 Å². The summed E-state index contributed by atoms with van der Waals surface area (Å²) >= 11 is 0. The maximum Gasteiger partial charge on any atom is 0.355 e. The zero-order valence-electron chi connectivity index (χ0n) is 19.5. The Morgan fingerprint density at radius 3 is 2.26 bits per heavy atom. The monoisotopic (exact) mass is 496 g/mol. The molecule has 2 aromatic carbocycles. The van der Waals surface area contributed by atoms with Crippen molar-refractivity contribution < 1.29 is 27.5 Å². The number of methoxy groups -OCH3 is 2. The average molecular weight is 497 g/mol. The van der Waals surface area contributed by atoms with Crippen molar-refractivity contribution in [1.82, 2.24) is 0 Å². The number of sulfonamides is 1. The Bertz CT molecular complexity index is 1390. The fourth-order valence-electron chi connectivity index (χ4n) is 3.89. The third kappa shape index (κ3) is 4.97. The summed E-state index contributed by atoms with van der Waals surface area (Å²) in [5.74, 6) is -2.87. The number of ether oxygens (including phenoxy) is 2. The van der Waals surface area contributed by atoms with Crippen molar-refractivity contribution in [2.75, 3.05) is 30.1 Å². The molecule has 35 heavy (non-hydrogen) atoms. The third-order valence-corrected chi connectivity index (χ3v) is 5.97. The minimum absolute atomic E-state index is 0.00475. The highest BCUT2D eigenvalue weighted by Crippen LogP contribution is 2.44. The van der Waals surface area contributed by atoms with E-state index in [1.165, 1.54) is 17.0 Å². The maximum atomic E-state index is 13.1. The number of benzene rings is 2. The van der Waals surface area contributed by atoms with Gasteiger partial charge in [0.25, 0.3) is 0 Å². The molecule has 2 aromatic rings. The molecule has 1 aliphatic rings. The molecule has 0 aromatic heterocycles. The fourth-order valence-corrected chi connectivity index (χ4v) is 4.45. The van der Waals surface area contributed by atoms with Gasteiger partial charge in [-0.15, -0.1) is 0 Å². The molecule has 11 heteroatoms. The fraction of sp³-hybridized carbons (Fsp3) is 0.208. The number of carbonyl (C=O) groups excluding carboxylic acids is 2. The van der Waals surface area contributed by atoms with Crippen LogP contribution in [0.25, 0.3) is 0 Å². The van der Waals surface area contributed by atoms with Gasteiger partial charge in [0, 0.05) is 0 Å². The lowest BCUT2D eigenvalue weighted by Gasteiger charge is -2.36. The molecule has 0 saturated heterocycles. The van der Waals surface area contributed by atoms with E-state index in [1.54, 1.807) is 43.3 Å². The number of aryl methyl sites for hydroxylation is 1. The zero-order chi connectivity index (χ0) is 25.9. The standard InChI is InChI=1S/C24H24N4O6S/c1-14-10-11-16(27-35(4,31)32)12-18(14)28-21(24(30)34-3)20(23(29)33-2)19(17(13-25)22(28)26)15-8-6-5-7-9-15/h5-12,19,27H,26H2,1-4H3. The normalized spacial score (nSPS) is 16.0. The van der Waals surface area contributed by atoms with Crippen molar-refractivity contribution in [2.45, 2.75) is 12.8 Å². The Morgan fingerprint density at radius 1 is 1.09 bits per heavy atom. The molecular weight excluding hydrogens is 472 g/mol. The van der Waals surface area contributed by atoms with Gasteiger partial charge in [-0.25, -0.2) is 18.0 Å². The van der Waals surface area contributed by atoms with Gasteiger partial charge in [0.05, 0.1) is 55.0 Å². The predicted octanol–water partition coefficient (Wildman–Crippen LogP) is 2.26. The lowest BCUT2D eigenvalue weighted by atomic mass is 9.80. The summed E-state index contributed by atoms with van der Waals surface area (Å²) in [5.41, 5.74) is 7.66. The van der Waals surface area contributed by atoms with Crippen LogP contribution in [-0.4, -0.2) is 40.8 Å². The Labute approximate surface area is 203 Å². The molecule has 3 N–H and O–H groups in total. The van der Waals surface area contributed by atoms with Gasteiger partial charge in [-0.1, -0.05) is 36.4 Å². The van der Waals surface area contributed by atoms with Gasteiger partial charge >= 0.3 is 11.9 Å². The van der Waals surface area contributed by atoms with Crippen LogP contribution >= 0.6 is 0 Å². The first-order valence-corrected chi connectivity index (χ1v) is 12.2. The highest BCUT2D eigenvalue weighted by atomic mass is 32.2. The number of nitriles is 1. The van der Waals surface area contributed by atoms with Gasteiger partial charge in [-0.05, 0) is 30.2 Å². The topological polar surface area (TPSA) is 152 Å². The Morgan fingerprint density at radius 2 is 1.71 bits per heavy atom. The maximum absolute atomic E-state index is 13.1. The Hall–Kier alpha value is -4.30. The molecule has 10 nitrogen and oxygen atoms in total. The van der Waals surface area contributed by atoms with Crippen LogP contribution < -0.4 is 15.4 Å². The molecule has 0 aliphatic carbocycles. The second kappa shape index (κ2) is 9.90. The van der Waals surface area contributed by atoms with Crippen molar-refractivity contribution in [3.63, 3.8) is 0 Å². The van der Waals surface area contributed by atoms with Gasteiger partial charge in [0.1, 0.15) is 11.5 Å². The Kier molecular flexibility index (Phi) is 7.17. The molecule has 182 valence electrons. The van der Waals surface area contributed by atoms with Crippen LogP contribution in [0, 0.1) is 18.3 Å². The lowest BCUT2D eigenvalue weighted by Crippen LogP contribution is -2.41. The smallest absolute Gasteiger partial charge is 0.355 e. The van der Waals surface area contributed by atoms with Crippen molar-refractivity contribution in [3.05, 3.63) is 82.3 Å². The summed E-state index contributed by atoms with van der Waals surface area (Å²) in [5, 5.41) is 10.1. The van der Waals surface area contributed by atoms with Crippen LogP contribution in [0.2, 0.25) is 0 Å². The first-order valence-electron chi connectivity index (χ1n) is 10.3. The Balaban J connectivity index is 2.42. The number of nitrogens with zero attached hydrogens (tertiary/aromatic N) is 2. The van der Waals surface area contributed by atoms with Crippen LogP contribution in [0.5, 0.6) is 0 Å². The number of carbonyl (C=O) groups is 2. The van der Waals surface area contributed by atoms with Crippen LogP contribution in [-0.2, 0) is 29.1 Å². The number of nitrogens with two attached hydrogens (primary N) is 1. The zero-order valence-corrected chi connectivity index (χ0v) is 20.3. The SMILES string of the molecule is COC(=O)C1=C(C(=O)OC)N(c2cc(NS(C)(=O)=O)ccc2C)C(N)=C(C#N)C1c1ccccc1. The van der Waals surface area contributed by atoms with E-state index in [0.717, 1.165) is 20.5 Å². The van der Waals surface area contributed by atoms with Gasteiger partial charge in [-0.3, -0.25) is 9.62 Å². The molecule has 1 unspecified atom stereocenters. The lowest BCUT2D eigenvalue weighted by molar-refractivity contribution is -0.139. The highest BCUT2D eigenvalue weighted by Gasteiger charge is 2.43. The number of anilines is 2. The molecule has 0 radical (unpaired) electrons. The number of hydrogen-bond donors (Lipinski definition) is 2. The predicted molar refractivity (Wildman–Crippen MR) is 129 cm³/mol. The van der Waals surface area contributed by atoms with E-state index in [2.05, 4.69) is 10.8 Å². The van der Waals surface area contributed by atoms with Gasteiger partial charge in [0.2, 0.25) is 10.0 Å². The number of esters is 2. The van der Waals surface area contributed by atoms with Crippen LogP contribution in [0.15, 0.2) is 71.2 Å². The molecule has 0 fully saturated rings. The molecular formula is C24H24N4O6S. The summed E-state index contributed by atoms with van der Waals surface area (Å²) in [6, 6.07) is 15.3. The molecule has 1 aliphatic heterocycles. The van der Waals surface area contributed by atoms with E-state index in [9.17, 15) is 23.3 Å². The van der Waals surface area contributed by atoms with Crippen LogP contribution in [0.3, 0.4) is 0 Å². The van der Waals surface area contributed by atoms with Gasteiger partial charge in [0.15, 0.2) is 0 Å². The molecule has 0 bridgehead atoms. The van der Waals surface area contributed by atoms with Crippen LogP contribution in [0.4, 0.5) is 11.4 Å². The van der Waals surface area contributed by atoms with E-state index in [0.29, 0.717) is 11.1 Å². The van der Waals surface area contributed by atoms with Crippen molar-refractivity contribution in [3.8, 4) is 6.07 Å². The van der Waals surface area contributed by atoms with E-state index in [-0.39, 0.29) is 34.0 Å². The quantitative estimate of drug-likeness (QED) is 0.574. The second-order valence-corrected chi connectivity index (χ2v) is 9.46. The molecule has 0 saturated carbocycles. The van der Waals surface area contributed by atoms with Gasteiger partial charge < -0.3 is 15.2 Å². The number of allylic oxidation sites excluding steroid dienone is 1. The summed E-state index contributed by atoms with van der Waals surface area (Å²) in [4.78, 5) is 27.4. The van der Waals surface area contributed by atoms with Crippen molar-refractivity contribution >= 4 is 33.3 Å². The molecule has 0 amide bonds. The van der Waals surface area contributed by atoms with Crippen molar-refractivity contribution in [1.29, 1.82) is 5.26 Å². The van der Waals surface area contributed by atoms with Crippen molar-refractivity contribution in [2.24, 2.45) is 5.73 Å². The molecule has 0 spiro atoms. The summed E-state index contributed by atoms with van der Waals surface area (Å²) in [6.45, 7) is 1.70. The van der Waals surface area contributed by atoms with E-state index >= 15 is 0 Å². The minimum Gasteiger partial charge on any atom is -0.466 e. The molecule has 1 atom stereocenters. The van der Waals surface area contributed by atoms with E-state index in [4.69, 9.17) is 15.2 Å². The first-order chi connectivity index (χ1) is 16.5. The number of hydrogen-bond acceptors (Lipinski definition) is 9. The summed E-state index contributed by atoms with van der Waals surface area (Å²) in [7, 11) is -1.31. The van der Waals surface area contributed by atoms with E-state index < -0.39 is 27.9 Å². The molecule has 3 rings (SSSR count).